The molecule has 0 spiro atoms. The zero-order valence-corrected chi connectivity index (χ0v) is 17.8. The first-order valence-electron chi connectivity index (χ1n) is 9.13. The number of amides is 1. The molecule has 1 amide bonds. The van der Waals surface area contributed by atoms with Crippen LogP contribution in [0.4, 0.5) is 5.69 Å². The number of aryl methyl sites for hydroxylation is 1. The van der Waals surface area contributed by atoms with E-state index in [9.17, 15) is 10.1 Å². The predicted molar refractivity (Wildman–Crippen MR) is 115 cm³/mol. The lowest BCUT2D eigenvalue weighted by Crippen LogP contribution is -2.13. The average Bonchev–Trinajstić information content (AvgIpc) is 2.70. The van der Waals surface area contributed by atoms with Gasteiger partial charge in [-0.2, -0.15) is 5.26 Å². The smallest absolute Gasteiger partial charge is 0.266 e. The molecule has 0 unspecified atom stereocenters. The van der Waals surface area contributed by atoms with E-state index in [4.69, 9.17) is 9.47 Å². The van der Waals surface area contributed by atoms with Gasteiger partial charge in [-0.3, -0.25) is 4.79 Å². The molecule has 0 aliphatic carbocycles. The van der Waals surface area contributed by atoms with Gasteiger partial charge in [0.05, 0.1) is 17.7 Å². The molecule has 0 radical (unpaired) electrons. The second-order valence-corrected chi connectivity index (χ2v) is 6.72. The number of nitrogens with zero attached hydrogens (tertiary/aromatic N) is 1. The molecule has 146 valence electrons. The van der Waals surface area contributed by atoms with E-state index in [2.05, 4.69) is 28.2 Å². The molecule has 2 aromatic rings. The molecule has 0 atom stereocenters. The van der Waals surface area contributed by atoms with Crippen LogP contribution in [0, 0.1) is 11.3 Å². The van der Waals surface area contributed by atoms with E-state index in [1.54, 1.807) is 12.1 Å². The number of benzene rings is 2. The molecule has 0 saturated carbocycles. The van der Waals surface area contributed by atoms with Crippen molar-refractivity contribution < 1.29 is 14.3 Å². The lowest BCUT2D eigenvalue weighted by Gasteiger charge is -2.13. The third kappa shape index (κ3) is 5.61. The van der Waals surface area contributed by atoms with Gasteiger partial charge in [-0.1, -0.05) is 19.1 Å². The molecule has 1 N–H and O–H groups in total. The highest BCUT2D eigenvalue weighted by Gasteiger charge is 2.14. The summed E-state index contributed by atoms with van der Waals surface area (Å²) in [5, 5.41) is 12.2. The summed E-state index contributed by atoms with van der Waals surface area (Å²) in [6.07, 6.45) is 2.44. The van der Waals surface area contributed by atoms with Crippen LogP contribution in [0.1, 0.15) is 31.9 Å². The van der Waals surface area contributed by atoms with Gasteiger partial charge in [0.25, 0.3) is 5.91 Å². The molecule has 6 heteroatoms. The number of hydrogen-bond donors (Lipinski definition) is 1. The third-order valence-electron chi connectivity index (χ3n) is 3.95. The summed E-state index contributed by atoms with van der Waals surface area (Å²) in [5.74, 6) is 0.711. The predicted octanol–water partition coefficient (Wildman–Crippen LogP) is 5.35. The van der Waals surface area contributed by atoms with Crippen molar-refractivity contribution >= 4 is 33.6 Å². The van der Waals surface area contributed by atoms with Crippen molar-refractivity contribution in [2.75, 3.05) is 18.5 Å². The highest BCUT2D eigenvalue weighted by Crippen LogP contribution is 2.34. The minimum absolute atomic E-state index is 0.0171. The van der Waals surface area contributed by atoms with Crippen LogP contribution in [0.5, 0.6) is 11.5 Å². The molecule has 5 nitrogen and oxygen atoms in total. The first-order valence-corrected chi connectivity index (χ1v) is 9.92. The summed E-state index contributed by atoms with van der Waals surface area (Å²) >= 11 is 3.46. The third-order valence-corrected chi connectivity index (χ3v) is 4.57. The summed E-state index contributed by atoms with van der Waals surface area (Å²) < 4.78 is 11.9. The molecule has 0 aromatic heterocycles. The highest BCUT2D eigenvalue weighted by molar-refractivity contribution is 9.10. The lowest BCUT2D eigenvalue weighted by atomic mass is 10.1. The van der Waals surface area contributed by atoms with E-state index < -0.39 is 5.91 Å². The van der Waals surface area contributed by atoms with Crippen LogP contribution in [0.25, 0.3) is 6.08 Å². The minimum Gasteiger partial charge on any atom is -0.493 e. The van der Waals surface area contributed by atoms with E-state index in [0.717, 1.165) is 10.9 Å². The molecule has 0 heterocycles. The Morgan fingerprint density at radius 1 is 1.11 bits per heavy atom. The molecule has 0 aliphatic heterocycles. The molecular formula is C22H23BrN2O3. The Bertz CT molecular complexity index is 899. The van der Waals surface area contributed by atoms with Gasteiger partial charge in [-0.05, 0) is 66.0 Å². The molecular weight excluding hydrogens is 420 g/mol. The first kappa shape index (κ1) is 21.5. The highest BCUT2D eigenvalue weighted by atomic mass is 79.9. The fourth-order valence-electron chi connectivity index (χ4n) is 2.54. The van der Waals surface area contributed by atoms with Crippen molar-refractivity contribution in [2.45, 2.75) is 27.2 Å². The monoisotopic (exact) mass is 442 g/mol. The first-order chi connectivity index (χ1) is 13.5. The Hall–Kier alpha value is -2.78. The summed E-state index contributed by atoms with van der Waals surface area (Å²) in [6, 6.07) is 13.0. The normalized spacial score (nSPS) is 10.9. The van der Waals surface area contributed by atoms with E-state index in [-0.39, 0.29) is 5.57 Å². The SMILES string of the molecule is CCOc1cc(OCC)c(/C=C(\C#N)C(=O)Nc2ccc(CC)cc2)cc1Br. The zero-order chi connectivity index (χ0) is 20.5. The molecule has 28 heavy (non-hydrogen) atoms. The van der Waals surface area contributed by atoms with Crippen LogP contribution in [-0.2, 0) is 11.2 Å². The fourth-order valence-corrected chi connectivity index (χ4v) is 3.01. The number of nitriles is 1. The Kier molecular flexibility index (Phi) is 8.09. The van der Waals surface area contributed by atoms with E-state index in [1.165, 1.54) is 11.6 Å². The quantitative estimate of drug-likeness (QED) is 0.441. The van der Waals surface area contributed by atoms with Crippen LogP contribution in [0.3, 0.4) is 0 Å². The number of halogens is 1. The van der Waals surface area contributed by atoms with Crippen molar-refractivity contribution in [2.24, 2.45) is 0 Å². The lowest BCUT2D eigenvalue weighted by molar-refractivity contribution is -0.112. The van der Waals surface area contributed by atoms with Crippen LogP contribution < -0.4 is 14.8 Å². The zero-order valence-electron chi connectivity index (χ0n) is 16.2. The second kappa shape index (κ2) is 10.5. The van der Waals surface area contributed by atoms with Gasteiger partial charge in [0.2, 0.25) is 0 Å². The maximum absolute atomic E-state index is 12.5. The second-order valence-electron chi connectivity index (χ2n) is 5.86. The summed E-state index contributed by atoms with van der Waals surface area (Å²) in [7, 11) is 0. The van der Waals surface area contributed by atoms with Gasteiger partial charge in [-0.25, -0.2) is 0 Å². The number of carbonyl (C=O) groups is 1. The Morgan fingerprint density at radius 3 is 2.32 bits per heavy atom. The summed E-state index contributed by atoms with van der Waals surface area (Å²) in [6.45, 7) is 6.79. The average molecular weight is 443 g/mol. The van der Waals surface area contributed by atoms with Crippen molar-refractivity contribution in [1.29, 1.82) is 5.26 Å². The van der Waals surface area contributed by atoms with Crippen molar-refractivity contribution in [3.8, 4) is 17.6 Å². The summed E-state index contributed by atoms with van der Waals surface area (Å²) in [4.78, 5) is 12.5. The topological polar surface area (TPSA) is 71.3 Å². The number of ether oxygens (including phenoxy) is 2. The van der Waals surface area contributed by atoms with Gasteiger partial charge < -0.3 is 14.8 Å². The Labute approximate surface area is 174 Å². The van der Waals surface area contributed by atoms with Crippen LogP contribution in [0.2, 0.25) is 0 Å². The van der Waals surface area contributed by atoms with Gasteiger partial charge in [-0.15, -0.1) is 0 Å². The number of anilines is 1. The number of hydrogen-bond acceptors (Lipinski definition) is 4. The molecule has 0 fully saturated rings. The molecule has 2 aromatic carbocycles. The molecule has 0 saturated heterocycles. The van der Waals surface area contributed by atoms with Crippen LogP contribution in [0.15, 0.2) is 46.4 Å². The Morgan fingerprint density at radius 2 is 1.75 bits per heavy atom. The van der Waals surface area contributed by atoms with E-state index in [0.29, 0.717) is 36.0 Å². The fraction of sp³-hybridized carbons (Fsp3) is 0.273. The number of nitrogens with one attached hydrogen (secondary N) is 1. The maximum atomic E-state index is 12.5. The van der Waals surface area contributed by atoms with Crippen molar-refractivity contribution in [3.05, 3.63) is 57.6 Å². The standard InChI is InChI=1S/C22H23BrN2O3/c1-4-15-7-9-18(10-8-15)25-22(26)17(14-24)11-16-12-19(23)21(28-6-3)13-20(16)27-5-2/h7-13H,4-6H2,1-3H3,(H,25,26)/b17-11+. The van der Waals surface area contributed by atoms with Crippen molar-refractivity contribution in [1.82, 2.24) is 0 Å². The van der Waals surface area contributed by atoms with Gasteiger partial charge in [0.1, 0.15) is 23.1 Å². The number of carbonyl (C=O) groups excluding carboxylic acids is 1. The van der Waals surface area contributed by atoms with Gasteiger partial charge >= 0.3 is 0 Å². The van der Waals surface area contributed by atoms with Gasteiger partial charge in [0, 0.05) is 17.3 Å². The van der Waals surface area contributed by atoms with E-state index in [1.807, 2.05) is 44.2 Å². The minimum atomic E-state index is -0.473. The maximum Gasteiger partial charge on any atom is 0.266 e. The van der Waals surface area contributed by atoms with Crippen LogP contribution >= 0.6 is 15.9 Å². The molecule has 0 bridgehead atoms. The largest absolute Gasteiger partial charge is 0.493 e. The number of rotatable bonds is 8. The summed E-state index contributed by atoms with van der Waals surface area (Å²) in [5.41, 5.74) is 2.41. The van der Waals surface area contributed by atoms with E-state index >= 15 is 0 Å². The van der Waals surface area contributed by atoms with Crippen molar-refractivity contribution in [3.63, 3.8) is 0 Å². The molecule has 0 aliphatic rings. The molecule has 2 rings (SSSR count). The van der Waals surface area contributed by atoms with Crippen LogP contribution in [-0.4, -0.2) is 19.1 Å². The Balaban J connectivity index is 2.32. The van der Waals surface area contributed by atoms with Gasteiger partial charge in [0.15, 0.2) is 0 Å².